The van der Waals surface area contributed by atoms with Gasteiger partial charge in [0.2, 0.25) is 0 Å². The highest BCUT2D eigenvalue weighted by Gasteiger charge is 2.05. The molecule has 1 N–H and O–H groups in total. The number of anilines is 1. The van der Waals surface area contributed by atoms with Crippen LogP contribution in [0, 0.1) is 12.3 Å². The van der Waals surface area contributed by atoms with E-state index in [0.717, 1.165) is 12.1 Å². The number of hydrogen-bond acceptors (Lipinski definition) is 1. The van der Waals surface area contributed by atoms with Crippen molar-refractivity contribution in [2.75, 3.05) is 5.32 Å². The van der Waals surface area contributed by atoms with Crippen molar-refractivity contribution < 1.29 is 0 Å². The molecule has 0 fully saturated rings. The number of hydrogen-bond donors (Lipinski definition) is 1. The van der Waals surface area contributed by atoms with E-state index in [1.165, 1.54) is 0 Å². The minimum absolute atomic E-state index is 0.00803. The van der Waals surface area contributed by atoms with Crippen molar-refractivity contribution >= 4 is 28.9 Å². The second kappa shape index (κ2) is 5.14. The molecule has 1 rings (SSSR count). The van der Waals surface area contributed by atoms with Crippen molar-refractivity contribution in [1.82, 2.24) is 0 Å². The molecular weight excluding hydrogens is 217 g/mol. The fourth-order valence-corrected chi connectivity index (χ4v) is 1.52. The fourth-order valence-electron chi connectivity index (χ4n) is 1.06. The van der Waals surface area contributed by atoms with Crippen LogP contribution in [-0.4, -0.2) is 6.04 Å². The molecule has 0 amide bonds. The first-order chi connectivity index (χ1) is 6.67. The second-order valence-electron chi connectivity index (χ2n) is 2.90. The van der Waals surface area contributed by atoms with Gasteiger partial charge in [-0.05, 0) is 24.6 Å². The molecule has 0 saturated heterocycles. The number of halogens is 2. The van der Waals surface area contributed by atoms with Gasteiger partial charge in [0.1, 0.15) is 0 Å². The van der Waals surface area contributed by atoms with Crippen molar-refractivity contribution in [3.8, 4) is 12.3 Å². The molecule has 1 unspecified atom stereocenters. The van der Waals surface area contributed by atoms with Gasteiger partial charge in [-0.15, -0.1) is 6.42 Å². The first-order valence-corrected chi connectivity index (χ1v) is 5.10. The number of nitrogens with one attached hydrogen (secondary N) is 1. The molecule has 1 atom stereocenters. The summed E-state index contributed by atoms with van der Waals surface area (Å²) in [5.74, 6) is 2.64. The molecule has 0 spiro atoms. The van der Waals surface area contributed by atoms with Gasteiger partial charge in [0.05, 0.1) is 16.8 Å². The van der Waals surface area contributed by atoms with Crippen molar-refractivity contribution in [3.05, 3.63) is 28.2 Å². The summed E-state index contributed by atoms with van der Waals surface area (Å²) < 4.78 is 0. The van der Waals surface area contributed by atoms with E-state index in [4.69, 9.17) is 29.6 Å². The van der Waals surface area contributed by atoms with E-state index in [9.17, 15) is 0 Å². The summed E-state index contributed by atoms with van der Waals surface area (Å²) in [4.78, 5) is 0. The van der Waals surface area contributed by atoms with Crippen LogP contribution in [0.4, 0.5) is 5.69 Å². The number of rotatable bonds is 3. The third-order valence-electron chi connectivity index (χ3n) is 1.87. The van der Waals surface area contributed by atoms with Crippen LogP contribution in [0.15, 0.2) is 18.2 Å². The molecule has 1 aromatic carbocycles. The van der Waals surface area contributed by atoms with Crippen LogP contribution >= 0.6 is 23.2 Å². The summed E-state index contributed by atoms with van der Waals surface area (Å²) in [5, 5.41) is 4.36. The molecule has 0 aliphatic carbocycles. The Balaban J connectivity index is 2.82. The van der Waals surface area contributed by atoms with Crippen LogP contribution in [0.25, 0.3) is 0 Å². The normalized spacial score (nSPS) is 11.9. The van der Waals surface area contributed by atoms with Gasteiger partial charge in [0.25, 0.3) is 0 Å². The van der Waals surface area contributed by atoms with Crippen molar-refractivity contribution in [2.24, 2.45) is 0 Å². The van der Waals surface area contributed by atoms with Crippen LogP contribution < -0.4 is 5.32 Å². The third kappa shape index (κ3) is 2.83. The van der Waals surface area contributed by atoms with Gasteiger partial charge in [-0.1, -0.05) is 36.0 Å². The maximum atomic E-state index is 5.97. The minimum atomic E-state index is 0.00803. The molecule has 0 bridgehead atoms. The largest absolute Gasteiger partial charge is 0.370 e. The summed E-state index contributed by atoms with van der Waals surface area (Å²) >= 11 is 11.7. The Morgan fingerprint density at radius 1 is 1.50 bits per heavy atom. The van der Waals surface area contributed by atoms with Crippen molar-refractivity contribution in [3.63, 3.8) is 0 Å². The van der Waals surface area contributed by atoms with Gasteiger partial charge in [0, 0.05) is 5.02 Å². The summed E-state index contributed by atoms with van der Waals surface area (Å²) in [5.41, 5.74) is 0.820. The lowest BCUT2D eigenvalue weighted by Gasteiger charge is -2.13. The van der Waals surface area contributed by atoms with Crippen LogP contribution in [0.3, 0.4) is 0 Å². The van der Waals surface area contributed by atoms with Crippen molar-refractivity contribution in [2.45, 2.75) is 19.4 Å². The van der Waals surface area contributed by atoms with Crippen LogP contribution in [-0.2, 0) is 0 Å². The molecule has 0 heterocycles. The standard InChI is InChI=1S/C11H11Cl2N/c1-3-9(4-2)14-11-6-5-8(12)7-10(11)13/h1,5-7,9,14H,4H2,2H3. The lowest BCUT2D eigenvalue weighted by molar-refractivity contribution is 0.858. The molecule has 3 heteroatoms. The zero-order valence-electron chi connectivity index (χ0n) is 7.85. The van der Waals surface area contributed by atoms with E-state index in [1.54, 1.807) is 12.1 Å². The average Bonchev–Trinajstić information content (AvgIpc) is 2.17. The fraction of sp³-hybridized carbons (Fsp3) is 0.273. The molecule has 0 saturated carbocycles. The van der Waals surface area contributed by atoms with Crippen molar-refractivity contribution in [1.29, 1.82) is 0 Å². The van der Waals surface area contributed by atoms with E-state index in [2.05, 4.69) is 11.2 Å². The van der Waals surface area contributed by atoms with E-state index >= 15 is 0 Å². The molecule has 0 aromatic heterocycles. The van der Waals surface area contributed by atoms with E-state index in [-0.39, 0.29) is 6.04 Å². The molecule has 74 valence electrons. The second-order valence-corrected chi connectivity index (χ2v) is 3.74. The van der Waals surface area contributed by atoms with Crippen LogP contribution in [0.2, 0.25) is 10.0 Å². The Labute approximate surface area is 94.4 Å². The average molecular weight is 228 g/mol. The number of terminal acetylenes is 1. The summed E-state index contributed by atoms with van der Waals surface area (Å²) in [6.45, 7) is 2.02. The zero-order valence-corrected chi connectivity index (χ0v) is 9.36. The predicted molar refractivity (Wildman–Crippen MR) is 63.0 cm³/mol. The Morgan fingerprint density at radius 2 is 2.21 bits per heavy atom. The Hall–Kier alpha value is -0.840. The highest BCUT2D eigenvalue weighted by Crippen LogP contribution is 2.26. The predicted octanol–water partition coefficient (Wildman–Crippen LogP) is 3.82. The Bertz CT molecular complexity index is 355. The van der Waals surface area contributed by atoms with Gasteiger partial charge in [-0.25, -0.2) is 0 Å². The third-order valence-corrected chi connectivity index (χ3v) is 2.42. The SMILES string of the molecule is C#CC(CC)Nc1ccc(Cl)cc1Cl. The summed E-state index contributed by atoms with van der Waals surface area (Å²) in [7, 11) is 0. The quantitative estimate of drug-likeness (QED) is 0.775. The highest BCUT2D eigenvalue weighted by molar-refractivity contribution is 6.36. The van der Waals surface area contributed by atoms with Crippen LogP contribution in [0.5, 0.6) is 0 Å². The first kappa shape index (κ1) is 11.2. The highest BCUT2D eigenvalue weighted by atomic mass is 35.5. The van der Waals surface area contributed by atoms with E-state index < -0.39 is 0 Å². The molecule has 14 heavy (non-hydrogen) atoms. The van der Waals surface area contributed by atoms with Crippen LogP contribution in [0.1, 0.15) is 13.3 Å². The summed E-state index contributed by atoms with van der Waals surface area (Å²) in [6.07, 6.45) is 6.19. The minimum Gasteiger partial charge on any atom is -0.370 e. The number of benzene rings is 1. The van der Waals surface area contributed by atoms with E-state index in [0.29, 0.717) is 10.0 Å². The Kier molecular flexibility index (Phi) is 4.13. The molecule has 0 aliphatic rings. The van der Waals surface area contributed by atoms with Gasteiger partial charge in [-0.3, -0.25) is 0 Å². The molecular formula is C11H11Cl2N. The maximum absolute atomic E-state index is 5.97. The lowest BCUT2D eigenvalue weighted by atomic mass is 10.2. The molecule has 1 aromatic rings. The van der Waals surface area contributed by atoms with Gasteiger partial charge >= 0.3 is 0 Å². The smallest absolute Gasteiger partial charge is 0.0872 e. The Morgan fingerprint density at radius 3 is 2.71 bits per heavy atom. The van der Waals surface area contributed by atoms with Gasteiger partial charge in [-0.2, -0.15) is 0 Å². The van der Waals surface area contributed by atoms with Gasteiger partial charge in [0.15, 0.2) is 0 Å². The molecule has 0 radical (unpaired) electrons. The lowest BCUT2D eigenvalue weighted by Crippen LogP contribution is -2.15. The monoisotopic (exact) mass is 227 g/mol. The summed E-state index contributed by atoms with van der Waals surface area (Å²) in [6, 6.07) is 5.30. The molecule has 0 aliphatic heterocycles. The maximum Gasteiger partial charge on any atom is 0.0872 e. The topological polar surface area (TPSA) is 12.0 Å². The zero-order chi connectivity index (χ0) is 10.6. The van der Waals surface area contributed by atoms with Gasteiger partial charge < -0.3 is 5.32 Å². The first-order valence-electron chi connectivity index (χ1n) is 4.35. The van der Waals surface area contributed by atoms with E-state index in [1.807, 2.05) is 13.0 Å². The molecule has 1 nitrogen and oxygen atoms in total.